The summed E-state index contributed by atoms with van der Waals surface area (Å²) in [6.07, 6.45) is 1.67. The fourth-order valence-corrected chi connectivity index (χ4v) is 1.77. The predicted molar refractivity (Wildman–Crippen MR) is 58.9 cm³/mol. The molecule has 0 aliphatic rings. The van der Waals surface area contributed by atoms with Crippen LogP contribution in [0.2, 0.25) is 5.02 Å². The van der Waals surface area contributed by atoms with Crippen molar-refractivity contribution in [3.63, 3.8) is 0 Å². The van der Waals surface area contributed by atoms with E-state index in [4.69, 9.17) is 17.3 Å². The quantitative estimate of drug-likeness (QED) is 0.787. The fraction of sp³-hybridized carbons (Fsp3) is 0. The zero-order chi connectivity index (χ0) is 9.42. The molecule has 66 valence electrons. The van der Waals surface area contributed by atoms with Gasteiger partial charge in [0, 0.05) is 11.6 Å². The van der Waals surface area contributed by atoms with Gasteiger partial charge in [-0.1, -0.05) is 17.7 Å². The number of nitrogens with zero attached hydrogens (tertiary/aromatic N) is 1. The monoisotopic (exact) mass is 256 g/mol. The van der Waals surface area contributed by atoms with Crippen molar-refractivity contribution in [1.82, 2.24) is 4.98 Å². The van der Waals surface area contributed by atoms with E-state index in [2.05, 4.69) is 20.9 Å². The lowest BCUT2D eigenvalue weighted by Crippen LogP contribution is -1.91. The van der Waals surface area contributed by atoms with Crippen molar-refractivity contribution in [2.24, 2.45) is 0 Å². The Bertz CT molecular complexity index is 470. The molecule has 0 amide bonds. The SMILES string of the molecule is Nc1c(Br)cnc2cccc(Cl)c12. The van der Waals surface area contributed by atoms with Gasteiger partial charge in [0.25, 0.3) is 0 Å². The van der Waals surface area contributed by atoms with Gasteiger partial charge >= 0.3 is 0 Å². The molecule has 1 aromatic heterocycles. The number of benzene rings is 1. The lowest BCUT2D eigenvalue weighted by Gasteiger charge is -2.04. The molecule has 0 atom stereocenters. The molecule has 0 fully saturated rings. The Hall–Kier alpha value is -0.800. The fourth-order valence-electron chi connectivity index (χ4n) is 1.20. The van der Waals surface area contributed by atoms with Crippen LogP contribution >= 0.6 is 27.5 Å². The second-order valence-corrected chi connectivity index (χ2v) is 3.92. The molecule has 0 saturated heterocycles. The van der Waals surface area contributed by atoms with Crippen molar-refractivity contribution in [3.8, 4) is 0 Å². The average molecular weight is 258 g/mol. The largest absolute Gasteiger partial charge is 0.397 e. The van der Waals surface area contributed by atoms with E-state index < -0.39 is 0 Å². The van der Waals surface area contributed by atoms with Crippen LogP contribution in [0.3, 0.4) is 0 Å². The van der Waals surface area contributed by atoms with Gasteiger partial charge in [0.05, 0.1) is 20.7 Å². The van der Waals surface area contributed by atoms with Gasteiger partial charge in [0.2, 0.25) is 0 Å². The summed E-state index contributed by atoms with van der Waals surface area (Å²) >= 11 is 9.30. The van der Waals surface area contributed by atoms with Crippen LogP contribution in [0.1, 0.15) is 0 Å². The molecule has 0 unspecified atom stereocenters. The average Bonchev–Trinajstić information content (AvgIpc) is 2.12. The summed E-state index contributed by atoms with van der Waals surface area (Å²) in [4.78, 5) is 4.19. The summed E-state index contributed by atoms with van der Waals surface area (Å²) < 4.78 is 0.771. The highest BCUT2D eigenvalue weighted by atomic mass is 79.9. The molecule has 0 bridgehead atoms. The number of aromatic nitrogens is 1. The highest BCUT2D eigenvalue weighted by Crippen LogP contribution is 2.31. The van der Waals surface area contributed by atoms with Gasteiger partial charge in [-0.05, 0) is 28.1 Å². The van der Waals surface area contributed by atoms with Crippen LogP contribution in [0.5, 0.6) is 0 Å². The summed E-state index contributed by atoms with van der Waals surface area (Å²) in [5, 5.41) is 1.43. The lowest BCUT2D eigenvalue weighted by molar-refractivity contribution is 1.39. The number of nitrogen functional groups attached to an aromatic ring is 1. The molecule has 4 heteroatoms. The second-order valence-electron chi connectivity index (χ2n) is 2.65. The minimum Gasteiger partial charge on any atom is -0.397 e. The maximum absolute atomic E-state index is 5.99. The Balaban J connectivity index is 2.97. The van der Waals surface area contributed by atoms with Crippen molar-refractivity contribution in [2.45, 2.75) is 0 Å². The normalized spacial score (nSPS) is 10.6. The molecule has 2 rings (SSSR count). The lowest BCUT2D eigenvalue weighted by atomic mass is 10.2. The Labute approximate surface area is 88.8 Å². The minimum atomic E-state index is 0.629. The first-order valence-electron chi connectivity index (χ1n) is 3.68. The first-order valence-corrected chi connectivity index (χ1v) is 4.85. The zero-order valence-electron chi connectivity index (χ0n) is 6.59. The highest BCUT2D eigenvalue weighted by Gasteiger charge is 2.06. The number of rotatable bonds is 0. The van der Waals surface area contributed by atoms with Gasteiger partial charge in [0.15, 0.2) is 0 Å². The Morgan fingerprint density at radius 2 is 2.15 bits per heavy atom. The molecular formula is C9H6BrClN2. The van der Waals surface area contributed by atoms with Crippen LogP contribution in [0.25, 0.3) is 10.9 Å². The highest BCUT2D eigenvalue weighted by molar-refractivity contribution is 9.10. The van der Waals surface area contributed by atoms with Gasteiger partial charge in [-0.15, -0.1) is 0 Å². The summed E-state index contributed by atoms with van der Waals surface area (Å²) in [6, 6.07) is 5.53. The third kappa shape index (κ3) is 1.38. The van der Waals surface area contributed by atoms with E-state index in [9.17, 15) is 0 Å². The number of anilines is 1. The van der Waals surface area contributed by atoms with Crippen molar-refractivity contribution >= 4 is 44.1 Å². The number of halogens is 2. The Morgan fingerprint density at radius 3 is 2.92 bits per heavy atom. The molecular weight excluding hydrogens is 251 g/mol. The molecule has 0 aliphatic carbocycles. The Kier molecular flexibility index (Phi) is 2.14. The van der Waals surface area contributed by atoms with E-state index in [0.717, 1.165) is 15.4 Å². The van der Waals surface area contributed by atoms with Crippen LogP contribution in [-0.4, -0.2) is 4.98 Å². The molecule has 0 saturated carbocycles. The van der Waals surface area contributed by atoms with E-state index in [1.54, 1.807) is 12.3 Å². The van der Waals surface area contributed by atoms with E-state index in [1.165, 1.54) is 0 Å². The molecule has 1 aromatic carbocycles. The van der Waals surface area contributed by atoms with Gasteiger partial charge in [0.1, 0.15) is 0 Å². The van der Waals surface area contributed by atoms with E-state index in [-0.39, 0.29) is 0 Å². The molecule has 2 N–H and O–H groups in total. The number of hydrogen-bond acceptors (Lipinski definition) is 2. The second kappa shape index (κ2) is 3.16. The third-order valence-electron chi connectivity index (χ3n) is 1.84. The third-order valence-corrected chi connectivity index (χ3v) is 2.78. The zero-order valence-corrected chi connectivity index (χ0v) is 8.93. The first-order chi connectivity index (χ1) is 6.20. The van der Waals surface area contributed by atoms with Crippen molar-refractivity contribution < 1.29 is 0 Å². The van der Waals surface area contributed by atoms with E-state index in [1.807, 2.05) is 12.1 Å². The van der Waals surface area contributed by atoms with Crippen molar-refractivity contribution in [2.75, 3.05) is 5.73 Å². The minimum absolute atomic E-state index is 0.629. The number of hydrogen-bond donors (Lipinski definition) is 1. The van der Waals surface area contributed by atoms with Crippen LogP contribution in [0.15, 0.2) is 28.9 Å². The first kappa shape index (κ1) is 8.78. The van der Waals surface area contributed by atoms with Crippen molar-refractivity contribution in [1.29, 1.82) is 0 Å². The van der Waals surface area contributed by atoms with E-state index in [0.29, 0.717) is 10.7 Å². The molecule has 2 aromatic rings. The number of pyridine rings is 1. The standard InChI is InChI=1S/C9H6BrClN2/c10-5-4-13-7-3-1-2-6(11)8(7)9(5)12/h1-4H,(H2,12,13). The van der Waals surface area contributed by atoms with Crippen LogP contribution < -0.4 is 5.73 Å². The molecule has 2 nitrogen and oxygen atoms in total. The van der Waals surface area contributed by atoms with Crippen LogP contribution in [0, 0.1) is 0 Å². The van der Waals surface area contributed by atoms with Crippen LogP contribution in [-0.2, 0) is 0 Å². The predicted octanol–water partition coefficient (Wildman–Crippen LogP) is 3.23. The molecule has 0 aliphatic heterocycles. The maximum Gasteiger partial charge on any atom is 0.0738 e. The van der Waals surface area contributed by atoms with E-state index >= 15 is 0 Å². The smallest absolute Gasteiger partial charge is 0.0738 e. The molecule has 13 heavy (non-hydrogen) atoms. The molecule has 1 heterocycles. The summed E-state index contributed by atoms with van der Waals surface area (Å²) in [5.74, 6) is 0. The summed E-state index contributed by atoms with van der Waals surface area (Å²) in [5.41, 5.74) is 7.30. The van der Waals surface area contributed by atoms with Gasteiger partial charge < -0.3 is 5.73 Å². The maximum atomic E-state index is 5.99. The van der Waals surface area contributed by atoms with Gasteiger partial charge in [-0.3, -0.25) is 4.98 Å². The molecule has 0 spiro atoms. The summed E-state index contributed by atoms with van der Waals surface area (Å²) in [6.45, 7) is 0. The Morgan fingerprint density at radius 1 is 1.38 bits per heavy atom. The van der Waals surface area contributed by atoms with Crippen molar-refractivity contribution in [3.05, 3.63) is 33.9 Å². The summed E-state index contributed by atoms with van der Waals surface area (Å²) in [7, 11) is 0. The van der Waals surface area contributed by atoms with Gasteiger partial charge in [-0.25, -0.2) is 0 Å². The van der Waals surface area contributed by atoms with Gasteiger partial charge in [-0.2, -0.15) is 0 Å². The molecule has 0 radical (unpaired) electrons. The number of fused-ring (bicyclic) bond motifs is 1. The topological polar surface area (TPSA) is 38.9 Å². The number of nitrogens with two attached hydrogens (primary N) is 1. The van der Waals surface area contributed by atoms with Crippen LogP contribution in [0.4, 0.5) is 5.69 Å².